The minimum Gasteiger partial charge on any atom is -0.364 e. The average Bonchev–Trinajstić information content (AvgIpc) is 3.04. The standard InChI is InChI=1S/C26H31N3O2/c1-5-27-14-16-28(17-15-27)24-23(21-8-6-19(4)7-9-21)25(30)29(26(24)31)22-12-10-20(11-13-22)18(2)3/h6-13,18H,5,14-17H2,1-4H3. The van der Waals surface area contributed by atoms with Crippen molar-refractivity contribution in [1.29, 1.82) is 0 Å². The van der Waals surface area contributed by atoms with Gasteiger partial charge in [0.05, 0.1) is 11.3 Å². The normalized spacial score (nSPS) is 18.0. The molecule has 0 aromatic heterocycles. The van der Waals surface area contributed by atoms with Crippen molar-refractivity contribution >= 4 is 23.1 Å². The molecule has 5 nitrogen and oxygen atoms in total. The Hall–Kier alpha value is -2.92. The fourth-order valence-electron chi connectivity index (χ4n) is 4.32. The number of nitrogens with zero attached hydrogens (tertiary/aromatic N) is 3. The van der Waals surface area contributed by atoms with E-state index in [1.165, 1.54) is 10.5 Å². The molecule has 1 fully saturated rings. The van der Waals surface area contributed by atoms with Crippen LogP contribution in [0.25, 0.3) is 5.57 Å². The summed E-state index contributed by atoms with van der Waals surface area (Å²) in [6.45, 7) is 12.7. The van der Waals surface area contributed by atoms with E-state index in [1.54, 1.807) is 0 Å². The highest BCUT2D eigenvalue weighted by Gasteiger charge is 2.42. The largest absolute Gasteiger partial charge is 0.364 e. The number of anilines is 1. The molecule has 31 heavy (non-hydrogen) atoms. The summed E-state index contributed by atoms with van der Waals surface area (Å²) in [5, 5.41) is 0. The molecule has 1 saturated heterocycles. The number of amides is 2. The lowest BCUT2D eigenvalue weighted by atomic mass is 10.0. The molecule has 0 aliphatic carbocycles. The molecule has 0 bridgehead atoms. The lowest BCUT2D eigenvalue weighted by molar-refractivity contribution is -0.120. The van der Waals surface area contributed by atoms with Crippen molar-refractivity contribution in [3.8, 4) is 0 Å². The van der Waals surface area contributed by atoms with Crippen LogP contribution < -0.4 is 4.90 Å². The van der Waals surface area contributed by atoms with Gasteiger partial charge in [-0.3, -0.25) is 9.59 Å². The zero-order chi connectivity index (χ0) is 22.1. The Kier molecular flexibility index (Phi) is 5.96. The summed E-state index contributed by atoms with van der Waals surface area (Å²) in [5.74, 6) is -0.0624. The highest BCUT2D eigenvalue weighted by atomic mass is 16.2. The quantitative estimate of drug-likeness (QED) is 0.689. The van der Waals surface area contributed by atoms with E-state index < -0.39 is 0 Å². The molecule has 0 atom stereocenters. The molecule has 5 heteroatoms. The summed E-state index contributed by atoms with van der Waals surface area (Å²) in [4.78, 5) is 33.0. The van der Waals surface area contributed by atoms with E-state index in [1.807, 2.05) is 55.5 Å². The van der Waals surface area contributed by atoms with Crippen molar-refractivity contribution in [2.45, 2.75) is 33.6 Å². The Balaban J connectivity index is 1.74. The Morgan fingerprint density at radius 1 is 0.839 bits per heavy atom. The van der Waals surface area contributed by atoms with Gasteiger partial charge in [-0.1, -0.05) is 62.7 Å². The molecule has 0 spiro atoms. The van der Waals surface area contributed by atoms with Crippen LogP contribution in [-0.2, 0) is 9.59 Å². The lowest BCUT2D eigenvalue weighted by Gasteiger charge is -2.36. The second-order valence-electron chi connectivity index (χ2n) is 8.70. The first-order valence-electron chi connectivity index (χ1n) is 11.2. The molecule has 2 amide bonds. The van der Waals surface area contributed by atoms with Gasteiger partial charge in [-0.05, 0) is 42.6 Å². The summed E-state index contributed by atoms with van der Waals surface area (Å²) in [5.41, 5.74) is 4.80. The highest BCUT2D eigenvalue weighted by Crippen LogP contribution is 2.35. The van der Waals surface area contributed by atoms with Gasteiger partial charge in [0.2, 0.25) is 0 Å². The third-order valence-electron chi connectivity index (χ3n) is 6.35. The number of benzene rings is 2. The minimum atomic E-state index is -0.237. The predicted molar refractivity (Wildman–Crippen MR) is 125 cm³/mol. The molecule has 0 saturated carbocycles. The van der Waals surface area contributed by atoms with Crippen LogP contribution in [0.5, 0.6) is 0 Å². The van der Waals surface area contributed by atoms with E-state index in [2.05, 4.69) is 30.6 Å². The summed E-state index contributed by atoms with van der Waals surface area (Å²) >= 11 is 0. The molecular formula is C26H31N3O2. The summed E-state index contributed by atoms with van der Waals surface area (Å²) in [7, 11) is 0. The fourth-order valence-corrected chi connectivity index (χ4v) is 4.32. The number of imide groups is 1. The van der Waals surface area contributed by atoms with Gasteiger partial charge in [0.25, 0.3) is 11.8 Å². The maximum absolute atomic E-state index is 13.6. The number of hydrogen-bond donors (Lipinski definition) is 0. The van der Waals surface area contributed by atoms with E-state index in [-0.39, 0.29) is 11.8 Å². The number of rotatable bonds is 5. The monoisotopic (exact) mass is 417 g/mol. The molecule has 0 N–H and O–H groups in total. The van der Waals surface area contributed by atoms with E-state index >= 15 is 0 Å². The van der Waals surface area contributed by atoms with Crippen LogP contribution in [0.3, 0.4) is 0 Å². The van der Waals surface area contributed by atoms with Crippen LogP contribution in [0.4, 0.5) is 5.69 Å². The molecule has 2 heterocycles. The van der Waals surface area contributed by atoms with Crippen LogP contribution >= 0.6 is 0 Å². The first-order chi connectivity index (χ1) is 14.9. The first kappa shape index (κ1) is 21.3. The molecular weight excluding hydrogens is 386 g/mol. The Morgan fingerprint density at radius 3 is 2.00 bits per heavy atom. The highest BCUT2D eigenvalue weighted by molar-refractivity contribution is 6.45. The molecule has 2 aliphatic heterocycles. The van der Waals surface area contributed by atoms with Gasteiger partial charge in [0.15, 0.2) is 0 Å². The van der Waals surface area contributed by atoms with Gasteiger partial charge >= 0.3 is 0 Å². The minimum absolute atomic E-state index is 0.220. The number of hydrogen-bond acceptors (Lipinski definition) is 4. The van der Waals surface area contributed by atoms with Crippen LogP contribution in [0.2, 0.25) is 0 Å². The van der Waals surface area contributed by atoms with Gasteiger partial charge in [-0.25, -0.2) is 4.90 Å². The second kappa shape index (κ2) is 8.67. The van der Waals surface area contributed by atoms with E-state index in [9.17, 15) is 9.59 Å². The predicted octanol–water partition coefficient (Wildman–Crippen LogP) is 4.04. The molecule has 162 valence electrons. The zero-order valence-corrected chi connectivity index (χ0v) is 18.9. The molecule has 4 rings (SSSR count). The Bertz CT molecular complexity index is 998. The summed E-state index contributed by atoms with van der Waals surface area (Å²) in [6.07, 6.45) is 0. The van der Waals surface area contributed by atoms with Crippen LogP contribution in [0.15, 0.2) is 54.2 Å². The maximum atomic E-state index is 13.6. The Labute approximate surface area is 184 Å². The van der Waals surface area contributed by atoms with E-state index in [4.69, 9.17) is 0 Å². The number of aryl methyl sites for hydroxylation is 1. The summed E-state index contributed by atoms with van der Waals surface area (Å²) in [6, 6.07) is 15.7. The summed E-state index contributed by atoms with van der Waals surface area (Å²) < 4.78 is 0. The van der Waals surface area contributed by atoms with Gasteiger partial charge in [0.1, 0.15) is 5.70 Å². The van der Waals surface area contributed by atoms with Gasteiger partial charge in [0, 0.05) is 26.2 Å². The number of likely N-dealkylation sites (N-methyl/N-ethyl adjacent to an activating group) is 1. The molecule has 0 radical (unpaired) electrons. The van der Waals surface area contributed by atoms with Crippen LogP contribution in [-0.4, -0.2) is 54.3 Å². The smallest absolute Gasteiger partial charge is 0.282 e. The zero-order valence-electron chi connectivity index (χ0n) is 18.9. The topological polar surface area (TPSA) is 43.9 Å². The van der Waals surface area contributed by atoms with Crippen LogP contribution in [0, 0.1) is 6.92 Å². The maximum Gasteiger partial charge on any atom is 0.282 e. The van der Waals surface area contributed by atoms with Crippen molar-refractivity contribution in [3.63, 3.8) is 0 Å². The van der Waals surface area contributed by atoms with Gasteiger partial charge in [-0.15, -0.1) is 0 Å². The number of carbonyl (C=O) groups is 2. The molecule has 2 aromatic rings. The number of piperazine rings is 1. The van der Waals surface area contributed by atoms with Crippen molar-refractivity contribution in [2.75, 3.05) is 37.6 Å². The van der Waals surface area contributed by atoms with Crippen molar-refractivity contribution in [3.05, 3.63) is 70.9 Å². The molecule has 0 unspecified atom stereocenters. The number of carbonyl (C=O) groups excluding carboxylic acids is 2. The fraction of sp³-hybridized carbons (Fsp3) is 0.385. The Morgan fingerprint density at radius 2 is 1.45 bits per heavy atom. The first-order valence-corrected chi connectivity index (χ1v) is 11.2. The second-order valence-corrected chi connectivity index (χ2v) is 8.70. The van der Waals surface area contributed by atoms with Crippen molar-refractivity contribution < 1.29 is 9.59 Å². The lowest BCUT2D eigenvalue weighted by Crippen LogP contribution is -2.47. The SMILES string of the molecule is CCN1CCN(C2=C(c3ccc(C)cc3)C(=O)N(c3ccc(C(C)C)cc3)C2=O)CC1. The third kappa shape index (κ3) is 4.02. The average molecular weight is 418 g/mol. The van der Waals surface area contributed by atoms with E-state index in [0.29, 0.717) is 22.9 Å². The van der Waals surface area contributed by atoms with Crippen LogP contribution in [0.1, 0.15) is 43.4 Å². The third-order valence-corrected chi connectivity index (χ3v) is 6.35. The molecule has 2 aromatic carbocycles. The molecule has 2 aliphatic rings. The van der Waals surface area contributed by atoms with Crippen molar-refractivity contribution in [2.24, 2.45) is 0 Å². The van der Waals surface area contributed by atoms with Crippen molar-refractivity contribution in [1.82, 2.24) is 9.80 Å². The van der Waals surface area contributed by atoms with Gasteiger partial charge < -0.3 is 9.80 Å². The van der Waals surface area contributed by atoms with Gasteiger partial charge in [-0.2, -0.15) is 0 Å². The van der Waals surface area contributed by atoms with E-state index in [0.717, 1.165) is 43.9 Å².